The molecule has 2 rings (SSSR count). The second-order valence-corrected chi connectivity index (χ2v) is 5.36. The molecule has 0 atom stereocenters. The van der Waals surface area contributed by atoms with E-state index in [4.69, 9.17) is 11.6 Å². The number of nitro groups is 1. The monoisotopic (exact) mass is 341 g/mol. The molecule has 0 aliphatic heterocycles. The molecule has 2 aromatic rings. The number of nitriles is 1. The van der Waals surface area contributed by atoms with Gasteiger partial charge in [-0.3, -0.25) is 14.9 Å². The topological polar surface area (TPSA) is 96.0 Å². The number of non-ortho nitro benzene ring substituents is 1. The first-order valence-corrected chi connectivity index (χ1v) is 7.22. The van der Waals surface area contributed by atoms with Crippen LogP contribution in [0.1, 0.15) is 11.1 Å². The van der Waals surface area contributed by atoms with Crippen LogP contribution in [0, 0.1) is 28.4 Å². The molecule has 0 aromatic heterocycles. The molecule has 120 valence electrons. The molecule has 0 aliphatic rings. The molecule has 0 spiro atoms. The third-order valence-electron chi connectivity index (χ3n) is 3.13. The molecular formula is C17H12ClN3O3. The van der Waals surface area contributed by atoms with Gasteiger partial charge in [-0.05, 0) is 36.8 Å². The van der Waals surface area contributed by atoms with Crippen LogP contribution in [0.3, 0.4) is 0 Å². The fraction of sp³-hybridized carbons (Fsp3) is 0.0588. The normalized spacial score (nSPS) is 10.8. The lowest BCUT2D eigenvalue weighted by Gasteiger charge is -2.05. The van der Waals surface area contributed by atoms with Gasteiger partial charge in [0.1, 0.15) is 11.6 Å². The Hall–Kier alpha value is -3.17. The molecule has 0 aliphatic carbocycles. The summed E-state index contributed by atoms with van der Waals surface area (Å²) in [6.45, 7) is 1.87. The van der Waals surface area contributed by atoms with Crippen molar-refractivity contribution in [2.75, 3.05) is 5.32 Å². The first-order chi connectivity index (χ1) is 11.4. The van der Waals surface area contributed by atoms with Crippen molar-refractivity contribution in [3.05, 3.63) is 74.3 Å². The summed E-state index contributed by atoms with van der Waals surface area (Å²) in [5, 5.41) is 22.8. The average Bonchev–Trinajstić information content (AvgIpc) is 2.53. The van der Waals surface area contributed by atoms with E-state index in [1.807, 2.05) is 13.0 Å². The molecule has 0 saturated heterocycles. The van der Waals surface area contributed by atoms with Crippen molar-refractivity contribution in [2.45, 2.75) is 6.92 Å². The number of benzene rings is 2. The minimum Gasteiger partial charge on any atom is -0.321 e. The molecule has 6 nitrogen and oxygen atoms in total. The van der Waals surface area contributed by atoms with E-state index in [9.17, 15) is 20.2 Å². The minimum atomic E-state index is -0.620. The number of aryl methyl sites for hydroxylation is 1. The molecule has 0 unspecified atom stereocenters. The zero-order chi connectivity index (χ0) is 17.7. The SMILES string of the molecule is Cc1cccc(NC(=O)/C(C#N)=C\c2cc([N+](=O)[O-])ccc2Cl)c1. The standard InChI is InChI=1S/C17H12ClN3O3/c1-11-3-2-4-14(7-11)20-17(22)13(10-19)8-12-9-15(21(23)24)5-6-16(12)18/h2-9H,1H3,(H,20,22)/b13-8-. The van der Waals surface area contributed by atoms with E-state index >= 15 is 0 Å². The molecule has 0 heterocycles. The lowest BCUT2D eigenvalue weighted by atomic mass is 10.1. The Labute approximate surface area is 143 Å². The summed E-state index contributed by atoms with van der Waals surface area (Å²) in [7, 11) is 0. The van der Waals surface area contributed by atoms with Crippen molar-refractivity contribution in [2.24, 2.45) is 0 Å². The zero-order valence-electron chi connectivity index (χ0n) is 12.6. The van der Waals surface area contributed by atoms with Crippen LogP contribution in [-0.4, -0.2) is 10.8 Å². The number of anilines is 1. The fourth-order valence-electron chi connectivity index (χ4n) is 1.98. The van der Waals surface area contributed by atoms with Crippen LogP contribution in [0.15, 0.2) is 48.0 Å². The van der Waals surface area contributed by atoms with Gasteiger partial charge < -0.3 is 5.32 Å². The molecule has 1 amide bonds. The highest BCUT2D eigenvalue weighted by molar-refractivity contribution is 6.32. The highest BCUT2D eigenvalue weighted by atomic mass is 35.5. The molecule has 0 fully saturated rings. The first kappa shape index (κ1) is 17.2. The predicted molar refractivity (Wildman–Crippen MR) is 91.5 cm³/mol. The number of carbonyl (C=O) groups is 1. The molecule has 0 radical (unpaired) electrons. The van der Waals surface area contributed by atoms with Crippen LogP contribution >= 0.6 is 11.6 Å². The first-order valence-electron chi connectivity index (χ1n) is 6.84. The van der Waals surface area contributed by atoms with Crippen LogP contribution in [0.5, 0.6) is 0 Å². The van der Waals surface area contributed by atoms with Gasteiger partial charge in [0, 0.05) is 28.4 Å². The smallest absolute Gasteiger partial charge is 0.270 e. The maximum atomic E-state index is 12.2. The summed E-state index contributed by atoms with van der Waals surface area (Å²) in [5.41, 5.74) is 1.34. The number of hydrogen-bond acceptors (Lipinski definition) is 4. The molecule has 7 heteroatoms. The van der Waals surface area contributed by atoms with Crippen LogP contribution in [0.4, 0.5) is 11.4 Å². The van der Waals surface area contributed by atoms with Crippen LogP contribution < -0.4 is 5.32 Å². The summed E-state index contributed by atoms with van der Waals surface area (Å²) in [5.74, 6) is -0.620. The number of halogens is 1. The van der Waals surface area contributed by atoms with E-state index in [2.05, 4.69) is 5.32 Å². The van der Waals surface area contributed by atoms with E-state index < -0.39 is 10.8 Å². The second-order valence-electron chi connectivity index (χ2n) is 4.96. The number of hydrogen-bond donors (Lipinski definition) is 1. The highest BCUT2D eigenvalue weighted by Crippen LogP contribution is 2.24. The average molecular weight is 342 g/mol. The van der Waals surface area contributed by atoms with Gasteiger partial charge in [0.15, 0.2) is 0 Å². The summed E-state index contributed by atoms with van der Waals surface area (Å²) >= 11 is 5.98. The number of nitrogens with one attached hydrogen (secondary N) is 1. The number of nitro benzene ring substituents is 1. The maximum absolute atomic E-state index is 12.2. The Balaban J connectivity index is 2.32. The van der Waals surface area contributed by atoms with Crippen molar-refractivity contribution in [3.8, 4) is 6.07 Å². The molecule has 1 N–H and O–H groups in total. The third kappa shape index (κ3) is 4.18. The van der Waals surface area contributed by atoms with Gasteiger partial charge in [-0.2, -0.15) is 5.26 Å². The number of amides is 1. The summed E-state index contributed by atoms with van der Waals surface area (Å²) < 4.78 is 0. The second kappa shape index (κ2) is 7.40. The van der Waals surface area contributed by atoms with E-state index in [0.717, 1.165) is 5.56 Å². The molecular weight excluding hydrogens is 330 g/mol. The van der Waals surface area contributed by atoms with Gasteiger partial charge in [-0.25, -0.2) is 0 Å². The van der Waals surface area contributed by atoms with E-state index in [1.54, 1.807) is 24.3 Å². The van der Waals surface area contributed by atoms with Gasteiger partial charge in [0.2, 0.25) is 0 Å². The van der Waals surface area contributed by atoms with E-state index in [0.29, 0.717) is 5.69 Å². The van der Waals surface area contributed by atoms with Crippen LogP contribution in [0.2, 0.25) is 5.02 Å². The minimum absolute atomic E-state index is 0.179. The number of nitrogens with zero attached hydrogens (tertiary/aromatic N) is 2. The van der Waals surface area contributed by atoms with Crippen molar-refractivity contribution in [3.63, 3.8) is 0 Å². The van der Waals surface area contributed by atoms with E-state index in [1.165, 1.54) is 24.3 Å². The Morgan fingerprint density at radius 3 is 2.71 bits per heavy atom. The fourth-order valence-corrected chi connectivity index (χ4v) is 2.15. The van der Waals surface area contributed by atoms with Gasteiger partial charge in [0.25, 0.3) is 11.6 Å². The summed E-state index contributed by atoms with van der Waals surface area (Å²) in [6.07, 6.45) is 1.22. The largest absolute Gasteiger partial charge is 0.321 e. The Morgan fingerprint density at radius 1 is 1.33 bits per heavy atom. The van der Waals surface area contributed by atoms with Crippen molar-refractivity contribution in [1.82, 2.24) is 0 Å². The Morgan fingerprint density at radius 2 is 2.08 bits per heavy atom. The lowest BCUT2D eigenvalue weighted by Crippen LogP contribution is -2.13. The molecule has 2 aromatic carbocycles. The Bertz CT molecular complexity index is 885. The highest BCUT2D eigenvalue weighted by Gasteiger charge is 2.13. The zero-order valence-corrected chi connectivity index (χ0v) is 13.4. The molecule has 24 heavy (non-hydrogen) atoms. The lowest BCUT2D eigenvalue weighted by molar-refractivity contribution is -0.384. The van der Waals surface area contributed by atoms with Crippen LogP contribution in [-0.2, 0) is 4.79 Å². The molecule has 0 bridgehead atoms. The van der Waals surface area contributed by atoms with Gasteiger partial charge in [0.05, 0.1) is 4.92 Å². The van der Waals surface area contributed by atoms with Crippen molar-refractivity contribution >= 4 is 35.0 Å². The van der Waals surface area contributed by atoms with E-state index in [-0.39, 0.29) is 21.8 Å². The predicted octanol–water partition coefficient (Wildman–Crippen LogP) is 4.10. The van der Waals surface area contributed by atoms with Crippen LogP contribution in [0.25, 0.3) is 6.08 Å². The third-order valence-corrected chi connectivity index (χ3v) is 3.48. The van der Waals surface area contributed by atoms with Gasteiger partial charge >= 0.3 is 0 Å². The van der Waals surface area contributed by atoms with Crippen molar-refractivity contribution in [1.29, 1.82) is 5.26 Å². The number of carbonyl (C=O) groups excluding carboxylic acids is 1. The van der Waals surface area contributed by atoms with Gasteiger partial charge in [-0.1, -0.05) is 23.7 Å². The van der Waals surface area contributed by atoms with Gasteiger partial charge in [-0.15, -0.1) is 0 Å². The number of rotatable bonds is 4. The summed E-state index contributed by atoms with van der Waals surface area (Å²) in [4.78, 5) is 22.5. The quantitative estimate of drug-likeness (QED) is 0.392. The maximum Gasteiger partial charge on any atom is 0.270 e. The Kier molecular flexibility index (Phi) is 5.30. The molecule has 0 saturated carbocycles. The van der Waals surface area contributed by atoms with Crippen molar-refractivity contribution < 1.29 is 9.72 Å². The summed E-state index contributed by atoms with van der Waals surface area (Å²) in [6, 6.07) is 12.7.